The third kappa shape index (κ3) is 3.97. The first-order chi connectivity index (χ1) is 13.1. The van der Waals surface area contributed by atoms with Crippen molar-refractivity contribution >= 4 is 0 Å². The summed E-state index contributed by atoms with van der Waals surface area (Å²) in [6.45, 7) is 8.74. The van der Waals surface area contributed by atoms with Crippen LogP contribution in [0.2, 0.25) is 0 Å². The van der Waals surface area contributed by atoms with Crippen LogP contribution in [-0.4, -0.2) is 53.0 Å². The van der Waals surface area contributed by atoms with E-state index in [2.05, 4.69) is 83.1 Å². The first-order valence-electron chi connectivity index (χ1n) is 9.70. The first-order valence-corrected chi connectivity index (χ1v) is 9.70. The number of benzene rings is 2. The second-order valence-electron chi connectivity index (χ2n) is 7.73. The summed E-state index contributed by atoms with van der Waals surface area (Å²) in [5.74, 6) is 0.932. The highest BCUT2D eigenvalue weighted by Gasteiger charge is 2.26. The third-order valence-corrected chi connectivity index (χ3v) is 5.45. The van der Waals surface area contributed by atoms with Gasteiger partial charge >= 0.3 is 0 Å². The van der Waals surface area contributed by atoms with E-state index >= 15 is 0 Å². The summed E-state index contributed by atoms with van der Waals surface area (Å²) < 4.78 is 0. The van der Waals surface area contributed by atoms with Crippen molar-refractivity contribution in [1.82, 2.24) is 19.8 Å². The molecule has 0 spiro atoms. The molecule has 3 aromatic rings. The minimum Gasteiger partial charge on any atom is -0.345 e. The van der Waals surface area contributed by atoms with Gasteiger partial charge in [0.05, 0.1) is 6.04 Å². The SMILES string of the molecule is Cc1cccc(C(c2cc(C)cc(-c3ncc[nH]3)c2)N2CCN(C)CC2)c1. The summed E-state index contributed by atoms with van der Waals surface area (Å²) in [7, 11) is 2.21. The number of aromatic nitrogens is 2. The van der Waals surface area contributed by atoms with Crippen molar-refractivity contribution in [3.63, 3.8) is 0 Å². The number of imidazole rings is 1. The minimum atomic E-state index is 0.271. The van der Waals surface area contributed by atoms with Gasteiger partial charge in [-0.3, -0.25) is 4.90 Å². The molecule has 1 N–H and O–H groups in total. The molecular formula is C23H28N4. The zero-order chi connectivity index (χ0) is 18.8. The number of rotatable bonds is 4. The average Bonchev–Trinajstić information content (AvgIpc) is 3.18. The van der Waals surface area contributed by atoms with Gasteiger partial charge in [0.2, 0.25) is 0 Å². The summed E-state index contributed by atoms with van der Waals surface area (Å²) in [6, 6.07) is 16.1. The molecule has 2 heterocycles. The summed E-state index contributed by atoms with van der Waals surface area (Å²) in [5.41, 5.74) is 6.45. The van der Waals surface area contributed by atoms with Gasteiger partial charge in [-0.2, -0.15) is 0 Å². The van der Waals surface area contributed by atoms with E-state index in [0.29, 0.717) is 0 Å². The Morgan fingerprint density at radius 3 is 2.41 bits per heavy atom. The van der Waals surface area contributed by atoms with Crippen molar-refractivity contribution in [2.75, 3.05) is 33.2 Å². The number of nitrogens with one attached hydrogen (secondary N) is 1. The molecule has 4 rings (SSSR count). The lowest BCUT2D eigenvalue weighted by molar-refractivity contribution is 0.127. The van der Waals surface area contributed by atoms with Crippen LogP contribution in [0.3, 0.4) is 0 Å². The molecule has 0 radical (unpaired) electrons. The number of H-pyrrole nitrogens is 1. The van der Waals surface area contributed by atoms with E-state index < -0.39 is 0 Å². The molecule has 0 amide bonds. The number of nitrogens with zero attached hydrogens (tertiary/aromatic N) is 3. The quantitative estimate of drug-likeness (QED) is 0.763. The monoisotopic (exact) mass is 360 g/mol. The highest BCUT2D eigenvalue weighted by atomic mass is 15.3. The Hall–Kier alpha value is -2.43. The number of hydrogen-bond acceptors (Lipinski definition) is 3. The average molecular weight is 361 g/mol. The van der Waals surface area contributed by atoms with Crippen molar-refractivity contribution in [3.8, 4) is 11.4 Å². The van der Waals surface area contributed by atoms with Gasteiger partial charge in [0, 0.05) is 44.1 Å². The Balaban J connectivity index is 1.78. The summed E-state index contributed by atoms with van der Waals surface area (Å²) in [4.78, 5) is 12.7. The van der Waals surface area contributed by atoms with Gasteiger partial charge in [0.15, 0.2) is 0 Å². The highest BCUT2D eigenvalue weighted by molar-refractivity contribution is 5.58. The molecule has 0 saturated carbocycles. The van der Waals surface area contributed by atoms with E-state index in [4.69, 9.17) is 0 Å². The Labute approximate surface area is 161 Å². The smallest absolute Gasteiger partial charge is 0.137 e. The summed E-state index contributed by atoms with van der Waals surface area (Å²) in [6.07, 6.45) is 3.70. The van der Waals surface area contributed by atoms with Crippen molar-refractivity contribution in [2.24, 2.45) is 0 Å². The maximum Gasteiger partial charge on any atom is 0.137 e. The van der Waals surface area contributed by atoms with E-state index in [-0.39, 0.29) is 6.04 Å². The zero-order valence-electron chi connectivity index (χ0n) is 16.4. The topological polar surface area (TPSA) is 35.2 Å². The largest absolute Gasteiger partial charge is 0.345 e. The van der Waals surface area contributed by atoms with Crippen LogP contribution in [0.4, 0.5) is 0 Å². The van der Waals surface area contributed by atoms with Gasteiger partial charge in [0.1, 0.15) is 5.82 Å². The Morgan fingerprint density at radius 2 is 1.70 bits per heavy atom. The molecular weight excluding hydrogens is 332 g/mol. The maximum atomic E-state index is 4.46. The van der Waals surface area contributed by atoms with Crippen LogP contribution in [-0.2, 0) is 0 Å². The molecule has 1 fully saturated rings. The van der Waals surface area contributed by atoms with Crippen molar-refractivity contribution < 1.29 is 0 Å². The van der Waals surface area contributed by atoms with Crippen molar-refractivity contribution in [1.29, 1.82) is 0 Å². The van der Waals surface area contributed by atoms with E-state index in [0.717, 1.165) is 37.6 Å². The van der Waals surface area contributed by atoms with Gasteiger partial charge < -0.3 is 9.88 Å². The van der Waals surface area contributed by atoms with E-state index in [1.165, 1.54) is 22.3 Å². The number of piperazine rings is 1. The number of aryl methyl sites for hydroxylation is 2. The Bertz CT molecular complexity index is 893. The van der Waals surface area contributed by atoms with Crippen LogP contribution in [0.25, 0.3) is 11.4 Å². The number of likely N-dealkylation sites (N-methyl/N-ethyl adjacent to an activating group) is 1. The normalized spacial score (nSPS) is 17.1. The highest BCUT2D eigenvalue weighted by Crippen LogP contribution is 2.33. The van der Waals surface area contributed by atoms with Gasteiger partial charge in [0.25, 0.3) is 0 Å². The summed E-state index contributed by atoms with van der Waals surface area (Å²) in [5, 5.41) is 0. The molecule has 4 nitrogen and oxygen atoms in total. The lowest BCUT2D eigenvalue weighted by Gasteiger charge is -2.38. The fourth-order valence-electron chi connectivity index (χ4n) is 4.06. The number of hydrogen-bond donors (Lipinski definition) is 1. The fraction of sp³-hybridized carbons (Fsp3) is 0.348. The van der Waals surface area contributed by atoms with Gasteiger partial charge in [-0.05, 0) is 44.2 Å². The molecule has 1 aliphatic heterocycles. The van der Waals surface area contributed by atoms with Crippen LogP contribution >= 0.6 is 0 Å². The van der Waals surface area contributed by atoms with Crippen LogP contribution in [0.5, 0.6) is 0 Å². The van der Waals surface area contributed by atoms with Gasteiger partial charge in [-0.1, -0.05) is 41.5 Å². The second kappa shape index (κ2) is 7.67. The van der Waals surface area contributed by atoms with Crippen LogP contribution < -0.4 is 0 Å². The van der Waals surface area contributed by atoms with E-state index in [1.807, 2.05) is 12.4 Å². The molecule has 1 aliphatic rings. The molecule has 0 bridgehead atoms. The predicted molar refractivity (Wildman–Crippen MR) is 111 cm³/mol. The van der Waals surface area contributed by atoms with Gasteiger partial charge in [-0.15, -0.1) is 0 Å². The molecule has 140 valence electrons. The Morgan fingerprint density at radius 1 is 0.926 bits per heavy atom. The van der Waals surface area contributed by atoms with Crippen molar-refractivity contribution in [3.05, 3.63) is 77.1 Å². The first kappa shape index (κ1) is 18.0. The van der Waals surface area contributed by atoms with Crippen LogP contribution in [0.1, 0.15) is 28.3 Å². The van der Waals surface area contributed by atoms with Gasteiger partial charge in [-0.25, -0.2) is 4.98 Å². The summed E-state index contributed by atoms with van der Waals surface area (Å²) >= 11 is 0. The lowest BCUT2D eigenvalue weighted by Crippen LogP contribution is -2.46. The fourth-order valence-corrected chi connectivity index (χ4v) is 4.06. The van der Waals surface area contributed by atoms with Crippen LogP contribution in [0.15, 0.2) is 54.9 Å². The molecule has 1 atom stereocenters. The predicted octanol–water partition coefficient (Wildman–Crippen LogP) is 4.03. The van der Waals surface area contributed by atoms with E-state index in [1.54, 1.807) is 0 Å². The molecule has 1 aromatic heterocycles. The maximum absolute atomic E-state index is 4.46. The molecule has 4 heteroatoms. The zero-order valence-corrected chi connectivity index (χ0v) is 16.4. The Kier molecular flexibility index (Phi) is 5.10. The third-order valence-electron chi connectivity index (χ3n) is 5.45. The van der Waals surface area contributed by atoms with Crippen LogP contribution in [0, 0.1) is 13.8 Å². The molecule has 0 aliphatic carbocycles. The van der Waals surface area contributed by atoms with E-state index in [9.17, 15) is 0 Å². The molecule has 2 aromatic carbocycles. The second-order valence-corrected chi connectivity index (χ2v) is 7.73. The van der Waals surface area contributed by atoms with Crippen molar-refractivity contribution in [2.45, 2.75) is 19.9 Å². The lowest BCUT2D eigenvalue weighted by atomic mass is 9.92. The molecule has 1 unspecified atom stereocenters. The molecule has 27 heavy (non-hydrogen) atoms. The molecule has 1 saturated heterocycles. The minimum absolute atomic E-state index is 0.271. The standard InChI is InChI=1S/C23H28N4/c1-17-5-4-6-19(13-17)22(27-11-9-26(3)10-12-27)20-14-18(2)15-21(16-20)23-24-7-8-25-23/h4-8,13-16,22H,9-12H2,1-3H3,(H,24,25). The number of aromatic amines is 1.